The van der Waals surface area contributed by atoms with Crippen molar-refractivity contribution in [2.24, 2.45) is 11.8 Å². The Morgan fingerprint density at radius 2 is 1.03 bits per heavy atom. The number of rotatable bonds is 23. The van der Waals surface area contributed by atoms with Crippen LogP contribution in [0.25, 0.3) is 0 Å². The molecular weight excluding hydrogens is 468 g/mol. The second-order valence-electron chi connectivity index (χ2n) is 9.30. The highest BCUT2D eigenvalue weighted by atomic mass is 16.5. The zero-order chi connectivity index (χ0) is 27.3. The Morgan fingerprint density at radius 1 is 0.667 bits per heavy atom. The summed E-state index contributed by atoms with van der Waals surface area (Å²) in [5, 5.41) is 24.3. The van der Waals surface area contributed by atoms with Crippen molar-refractivity contribution in [1.82, 2.24) is 10.6 Å². The van der Waals surface area contributed by atoms with E-state index in [1.807, 2.05) is 13.8 Å². The van der Waals surface area contributed by atoms with Gasteiger partial charge in [-0.25, -0.2) is 0 Å². The molecule has 0 heterocycles. The summed E-state index contributed by atoms with van der Waals surface area (Å²) >= 11 is 0. The first-order valence-corrected chi connectivity index (χ1v) is 13.4. The van der Waals surface area contributed by atoms with Gasteiger partial charge in [0.25, 0.3) is 0 Å². The molecule has 210 valence electrons. The standard InChI is InChI=1S/C26H48N2O8/c1-5-9-11-19(7-3)17-35-23(29)15-21(25(31)32)27-13-14-28-22(26(33)34)16-24(30)36-18-20(8-4)12-10-6-2/h19-22,27-28H,5-18H2,1-4H3,(H,31,32)(H,33,34). The van der Waals surface area contributed by atoms with Crippen LogP contribution in [0.5, 0.6) is 0 Å². The molecule has 0 fully saturated rings. The average Bonchev–Trinajstić information content (AvgIpc) is 2.84. The predicted octanol–water partition coefficient (Wildman–Crippen LogP) is 3.37. The summed E-state index contributed by atoms with van der Waals surface area (Å²) in [4.78, 5) is 47.3. The predicted molar refractivity (Wildman–Crippen MR) is 137 cm³/mol. The molecule has 0 amide bonds. The first-order chi connectivity index (χ1) is 17.2. The number of aliphatic carboxylic acids is 2. The molecule has 0 aromatic carbocycles. The van der Waals surface area contributed by atoms with Crippen LogP contribution in [0.2, 0.25) is 0 Å². The van der Waals surface area contributed by atoms with E-state index in [1.165, 1.54) is 0 Å². The van der Waals surface area contributed by atoms with Crippen molar-refractivity contribution < 1.29 is 38.9 Å². The van der Waals surface area contributed by atoms with Crippen LogP contribution in [-0.4, -0.2) is 72.5 Å². The first-order valence-electron chi connectivity index (χ1n) is 13.4. The lowest BCUT2D eigenvalue weighted by molar-refractivity contribution is -0.151. The lowest BCUT2D eigenvalue weighted by atomic mass is 10.0. The number of unbranched alkanes of at least 4 members (excludes halogenated alkanes) is 2. The number of ether oxygens (including phenoxy) is 2. The summed E-state index contributed by atoms with van der Waals surface area (Å²) in [6, 6.07) is -2.31. The van der Waals surface area contributed by atoms with Gasteiger partial charge in [0.05, 0.1) is 26.1 Å². The van der Waals surface area contributed by atoms with Crippen molar-refractivity contribution in [3.8, 4) is 0 Å². The van der Waals surface area contributed by atoms with Crippen LogP contribution in [0.15, 0.2) is 0 Å². The number of carboxylic acids is 2. The van der Waals surface area contributed by atoms with Crippen molar-refractivity contribution in [2.45, 2.75) is 104 Å². The maximum absolute atomic E-state index is 12.1. The maximum atomic E-state index is 12.1. The lowest BCUT2D eigenvalue weighted by Gasteiger charge is -2.19. The number of nitrogens with one attached hydrogen (secondary N) is 2. The molecule has 0 saturated carbocycles. The summed E-state index contributed by atoms with van der Waals surface area (Å²) in [5.74, 6) is -3.05. The molecule has 0 aliphatic heterocycles. The van der Waals surface area contributed by atoms with Crippen LogP contribution in [0.4, 0.5) is 0 Å². The van der Waals surface area contributed by atoms with Crippen LogP contribution in [0, 0.1) is 11.8 Å². The van der Waals surface area contributed by atoms with Gasteiger partial charge in [0.1, 0.15) is 12.1 Å². The van der Waals surface area contributed by atoms with Gasteiger partial charge in [-0.15, -0.1) is 0 Å². The molecule has 0 aromatic heterocycles. The summed E-state index contributed by atoms with van der Waals surface area (Å²) in [7, 11) is 0. The van der Waals surface area contributed by atoms with Crippen molar-refractivity contribution >= 4 is 23.9 Å². The molecule has 0 aliphatic rings. The van der Waals surface area contributed by atoms with Crippen molar-refractivity contribution in [2.75, 3.05) is 26.3 Å². The molecule has 4 N–H and O–H groups in total. The average molecular weight is 517 g/mol. The monoisotopic (exact) mass is 516 g/mol. The zero-order valence-electron chi connectivity index (χ0n) is 22.6. The summed E-state index contributed by atoms with van der Waals surface area (Å²) in [6.45, 7) is 8.98. The largest absolute Gasteiger partial charge is 0.480 e. The van der Waals surface area contributed by atoms with Crippen molar-refractivity contribution in [3.05, 3.63) is 0 Å². The van der Waals surface area contributed by atoms with E-state index in [4.69, 9.17) is 9.47 Å². The van der Waals surface area contributed by atoms with Gasteiger partial charge in [0, 0.05) is 13.1 Å². The van der Waals surface area contributed by atoms with Gasteiger partial charge < -0.3 is 30.3 Å². The van der Waals surface area contributed by atoms with Gasteiger partial charge in [0.2, 0.25) is 0 Å². The minimum absolute atomic E-state index is 0.0894. The Labute approximate surface area is 215 Å². The fraction of sp³-hybridized carbons (Fsp3) is 0.846. The second-order valence-corrected chi connectivity index (χ2v) is 9.30. The van der Waals surface area contributed by atoms with Gasteiger partial charge >= 0.3 is 23.9 Å². The molecule has 0 radical (unpaired) electrons. The summed E-state index contributed by atoms with van der Waals surface area (Å²) in [6.07, 6.45) is 7.26. The molecule has 0 saturated heterocycles. The smallest absolute Gasteiger partial charge is 0.321 e. The van der Waals surface area contributed by atoms with Gasteiger partial charge in [-0.1, -0.05) is 66.2 Å². The fourth-order valence-corrected chi connectivity index (χ4v) is 3.66. The lowest BCUT2D eigenvalue weighted by Crippen LogP contribution is -2.46. The van der Waals surface area contributed by atoms with Crippen LogP contribution in [-0.2, 0) is 28.7 Å². The summed E-state index contributed by atoms with van der Waals surface area (Å²) in [5.41, 5.74) is 0. The van der Waals surface area contributed by atoms with E-state index >= 15 is 0 Å². The van der Waals surface area contributed by atoms with Gasteiger partial charge in [-0.3, -0.25) is 19.2 Å². The van der Waals surface area contributed by atoms with Gasteiger partial charge in [-0.05, 0) is 24.7 Å². The van der Waals surface area contributed by atoms with E-state index in [1.54, 1.807) is 0 Å². The van der Waals surface area contributed by atoms with Crippen LogP contribution >= 0.6 is 0 Å². The number of hydrogen-bond donors (Lipinski definition) is 4. The first kappa shape index (κ1) is 33.8. The van der Waals surface area contributed by atoms with Gasteiger partial charge in [-0.2, -0.15) is 0 Å². The van der Waals surface area contributed by atoms with Crippen molar-refractivity contribution in [3.63, 3.8) is 0 Å². The topological polar surface area (TPSA) is 151 Å². The molecule has 4 atom stereocenters. The third-order valence-corrected chi connectivity index (χ3v) is 6.29. The molecule has 10 nitrogen and oxygen atoms in total. The number of carboxylic acid groups (broad SMARTS) is 2. The van der Waals surface area contributed by atoms with E-state index in [0.29, 0.717) is 0 Å². The molecule has 36 heavy (non-hydrogen) atoms. The molecule has 10 heteroatoms. The minimum atomic E-state index is -1.20. The third kappa shape index (κ3) is 16.5. The third-order valence-electron chi connectivity index (χ3n) is 6.29. The number of hydrogen-bond acceptors (Lipinski definition) is 8. The Kier molecular flexibility index (Phi) is 19.7. The van der Waals surface area contributed by atoms with E-state index in [2.05, 4.69) is 24.5 Å². The van der Waals surface area contributed by atoms with Gasteiger partial charge in [0.15, 0.2) is 0 Å². The van der Waals surface area contributed by atoms with E-state index < -0.39 is 36.0 Å². The minimum Gasteiger partial charge on any atom is -0.480 e. The Balaban J connectivity index is 4.48. The zero-order valence-corrected chi connectivity index (χ0v) is 22.6. The number of carbonyl (C=O) groups excluding carboxylic acids is 2. The highest BCUT2D eigenvalue weighted by Crippen LogP contribution is 2.14. The number of esters is 2. The van der Waals surface area contributed by atoms with E-state index in [9.17, 15) is 29.4 Å². The van der Waals surface area contributed by atoms with Crippen LogP contribution in [0.1, 0.15) is 91.9 Å². The second kappa shape index (κ2) is 20.9. The Morgan fingerprint density at radius 3 is 1.31 bits per heavy atom. The van der Waals surface area contributed by atoms with Crippen molar-refractivity contribution in [1.29, 1.82) is 0 Å². The summed E-state index contributed by atoms with van der Waals surface area (Å²) < 4.78 is 10.5. The highest BCUT2D eigenvalue weighted by molar-refractivity contribution is 5.82. The molecule has 0 bridgehead atoms. The quantitative estimate of drug-likeness (QED) is 0.117. The molecule has 0 aliphatic carbocycles. The van der Waals surface area contributed by atoms with Crippen LogP contribution < -0.4 is 10.6 Å². The Bertz CT molecular complexity index is 589. The molecular formula is C26H48N2O8. The SMILES string of the molecule is CCCCC(CC)COC(=O)CC(NCCNC(CC(=O)OCC(CC)CCCC)C(=O)O)C(=O)O. The highest BCUT2D eigenvalue weighted by Gasteiger charge is 2.24. The normalized spacial score (nSPS) is 14.4. The molecule has 0 spiro atoms. The Hall–Kier alpha value is -2.20. The molecule has 0 aromatic rings. The molecule has 0 rings (SSSR count). The maximum Gasteiger partial charge on any atom is 0.321 e. The van der Waals surface area contributed by atoms with E-state index in [0.717, 1.165) is 51.4 Å². The van der Waals surface area contributed by atoms with E-state index in [-0.39, 0.29) is 51.0 Å². The fourth-order valence-electron chi connectivity index (χ4n) is 3.66. The van der Waals surface area contributed by atoms with Crippen LogP contribution in [0.3, 0.4) is 0 Å². The molecule has 4 unspecified atom stereocenters. The number of carbonyl (C=O) groups is 4.